The van der Waals surface area contributed by atoms with Crippen LogP contribution < -0.4 is 10.1 Å². The summed E-state index contributed by atoms with van der Waals surface area (Å²) in [5, 5.41) is 2.97. The zero-order valence-electron chi connectivity index (χ0n) is 15.0. The van der Waals surface area contributed by atoms with Gasteiger partial charge in [-0.1, -0.05) is 42.5 Å². The second-order valence-electron chi connectivity index (χ2n) is 6.19. The number of aryl methyl sites for hydroxylation is 1. The third kappa shape index (κ3) is 4.30. The van der Waals surface area contributed by atoms with E-state index in [0.717, 1.165) is 28.3 Å². The molecule has 0 radical (unpaired) electrons. The van der Waals surface area contributed by atoms with Crippen LogP contribution in [0.2, 0.25) is 0 Å². The highest BCUT2D eigenvalue weighted by molar-refractivity contribution is 5.77. The average molecular weight is 349 g/mol. The summed E-state index contributed by atoms with van der Waals surface area (Å²) in [6.45, 7) is 2.37. The summed E-state index contributed by atoms with van der Waals surface area (Å²) in [5.74, 6) is 0.790. The molecule has 1 aromatic heterocycles. The molecule has 26 heavy (non-hydrogen) atoms. The molecule has 0 saturated carbocycles. The molecular formula is C21H23N3O2. The van der Waals surface area contributed by atoms with Gasteiger partial charge in [-0.05, 0) is 30.2 Å². The van der Waals surface area contributed by atoms with Crippen molar-refractivity contribution in [1.82, 2.24) is 15.3 Å². The van der Waals surface area contributed by atoms with E-state index >= 15 is 0 Å². The van der Waals surface area contributed by atoms with Gasteiger partial charge in [-0.3, -0.25) is 4.79 Å². The molecule has 1 amide bonds. The minimum Gasteiger partial charge on any atom is -0.497 e. The van der Waals surface area contributed by atoms with Gasteiger partial charge >= 0.3 is 0 Å². The van der Waals surface area contributed by atoms with Gasteiger partial charge in [0, 0.05) is 18.0 Å². The Balaban J connectivity index is 1.75. The summed E-state index contributed by atoms with van der Waals surface area (Å²) >= 11 is 0. The van der Waals surface area contributed by atoms with E-state index in [9.17, 15) is 4.79 Å². The van der Waals surface area contributed by atoms with E-state index in [1.165, 1.54) is 0 Å². The number of nitrogens with zero attached hydrogens (tertiary/aromatic N) is 1. The Morgan fingerprint density at radius 2 is 1.81 bits per heavy atom. The number of rotatable bonds is 7. The molecular weight excluding hydrogens is 326 g/mol. The van der Waals surface area contributed by atoms with E-state index in [0.29, 0.717) is 13.0 Å². The first kappa shape index (κ1) is 17.7. The van der Waals surface area contributed by atoms with Gasteiger partial charge in [-0.25, -0.2) is 4.98 Å². The second kappa shape index (κ2) is 8.34. The molecule has 0 saturated heterocycles. The molecule has 0 aliphatic heterocycles. The number of carbonyl (C=O) groups is 1. The summed E-state index contributed by atoms with van der Waals surface area (Å²) in [7, 11) is 1.65. The normalized spacial score (nSPS) is 11.8. The van der Waals surface area contributed by atoms with E-state index in [2.05, 4.69) is 27.4 Å². The van der Waals surface area contributed by atoms with Crippen molar-refractivity contribution < 1.29 is 9.53 Å². The number of carbonyl (C=O) groups excluding carboxylic acids is 1. The lowest BCUT2D eigenvalue weighted by molar-refractivity contribution is -0.121. The van der Waals surface area contributed by atoms with Crippen LogP contribution in [0.4, 0.5) is 0 Å². The van der Waals surface area contributed by atoms with Gasteiger partial charge in [-0.15, -0.1) is 0 Å². The van der Waals surface area contributed by atoms with E-state index in [4.69, 9.17) is 4.74 Å². The lowest BCUT2D eigenvalue weighted by Crippen LogP contribution is -2.25. The van der Waals surface area contributed by atoms with E-state index in [1.807, 2.05) is 49.4 Å². The molecule has 0 aliphatic rings. The van der Waals surface area contributed by atoms with Crippen LogP contribution in [0.1, 0.15) is 34.9 Å². The average Bonchev–Trinajstić information content (AvgIpc) is 3.10. The molecule has 0 fully saturated rings. The van der Waals surface area contributed by atoms with Crippen molar-refractivity contribution in [3.63, 3.8) is 0 Å². The van der Waals surface area contributed by atoms with Gasteiger partial charge in [0.15, 0.2) is 0 Å². The fourth-order valence-electron chi connectivity index (χ4n) is 2.95. The zero-order chi connectivity index (χ0) is 18.4. The van der Waals surface area contributed by atoms with Gasteiger partial charge < -0.3 is 15.0 Å². The molecule has 1 atom stereocenters. The van der Waals surface area contributed by atoms with Gasteiger partial charge in [0.2, 0.25) is 5.91 Å². The van der Waals surface area contributed by atoms with Crippen molar-refractivity contribution >= 4 is 5.91 Å². The Hall–Kier alpha value is -3.08. The number of hydrogen-bond acceptors (Lipinski definition) is 3. The monoisotopic (exact) mass is 349 g/mol. The summed E-state index contributed by atoms with van der Waals surface area (Å²) in [6, 6.07) is 18.0. The number of hydrogen-bond donors (Lipinski definition) is 2. The minimum absolute atomic E-state index is 0.00271. The number of methoxy groups -OCH3 is 1. The Morgan fingerprint density at radius 1 is 1.12 bits per heavy atom. The SMILES string of the molecule is COc1ccc([C@H](CC(=O)NCc2nc[nH]c2C)c2ccccc2)cc1. The summed E-state index contributed by atoms with van der Waals surface area (Å²) in [5.41, 5.74) is 4.03. The highest BCUT2D eigenvalue weighted by atomic mass is 16.5. The molecule has 0 bridgehead atoms. The summed E-state index contributed by atoms with van der Waals surface area (Å²) in [4.78, 5) is 19.8. The molecule has 134 valence electrons. The summed E-state index contributed by atoms with van der Waals surface area (Å²) < 4.78 is 5.24. The first-order valence-corrected chi connectivity index (χ1v) is 8.62. The molecule has 3 aromatic rings. The quantitative estimate of drug-likeness (QED) is 0.685. The highest BCUT2D eigenvalue weighted by Crippen LogP contribution is 2.29. The molecule has 5 nitrogen and oxygen atoms in total. The number of H-pyrrole nitrogens is 1. The minimum atomic E-state index is -0.0117. The maximum atomic E-state index is 12.6. The van der Waals surface area contributed by atoms with Gasteiger partial charge in [0.05, 0.1) is 25.7 Å². The number of benzene rings is 2. The molecule has 1 heterocycles. The first-order valence-electron chi connectivity index (χ1n) is 8.62. The van der Waals surface area contributed by atoms with Crippen LogP contribution in [-0.4, -0.2) is 23.0 Å². The second-order valence-corrected chi connectivity index (χ2v) is 6.19. The topological polar surface area (TPSA) is 67.0 Å². The van der Waals surface area contributed by atoms with Crippen molar-refractivity contribution in [2.75, 3.05) is 7.11 Å². The fourth-order valence-corrected chi connectivity index (χ4v) is 2.95. The molecule has 2 aromatic carbocycles. The molecule has 0 aliphatic carbocycles. The van der Waals surface area contributed by atoms with Crippen LogP contribution in [0.3, 0.4) is 0 Å². The predicted octanol–water partition coefficient (Wildman–Crippen LogP) is 3.57. The van der Waals surface area contributed by atoms with Crippen LogP contribution in [0.5, 0.6) is 5.75 Å². The number of aromatic amines is 1. The van der Waals surface area contributed by atoms with Crippen LogP contribution in [-0.2, 0) is 11.3 Å². The van der Waals surface area contributed by atoms with Crippen LogP contribution in [0, 0.1) is 6.92 Å². The Kier molecular flexibility index (Phi) is 5.69. The van der Waals surface area contributed by atoms with Gasteiger partial charge in [-0.2, -0.15) is 0 Å². The van der Waals surface area contributed by atoms with Crippen molar-refractivity contribution in [2.45, 2.75) is 25.8 Å². The van der Waals surface area contributed by atoms with Crippen molar-refractivity contribution in [3.8, 4) is 5.75 Å². The smallest absolute Gasteiger partial charge is 0.221 e. The predicted molar refractivity (Wildman–Crippen MR) is 101 cm³/mol. The molecule has 0 unspecified atom stereocenters. The Labute approximate surface area is 153 Å². The maximum Gasteiger partial charge on any atom is 0.221 e. The molecule has 3 rings (SSSR count). The number of imidazole rings is 1. The third-order valence-electron chi connectivity index (χ3n) is 4.50. The van der Waals surface area contributed by atoms with Crippen LogP contribution >= 0.6 is 0 Å². The standard InChI is InChI=1S/C21H23N3O2/c1-15-20(24-14-23-15)13-22-21(25)12-19(16-6-4-3-5-7-16)17-8-10-18(26-2)11-9-17/h3-11,14,19H,12-13H2,1-2H3,(H,22,25)(H,23,24)/t19-/m1/s1. The number of nitrogens with one attached hydrogen (secondary N) is 2. The van der Waals surface area contributed by atoms with Crippen molar-refractivity contribution in [2.24, 2.45) is 0 Å². The van der Waals surface area contributed by atoms with Crippen LogP contribution in [0.25, 0.3) is 0 Å². The Bertz CT molecular complexity index is 841. The first-order chi connectivity index (χ1) is 12.7. The number of amides is 1. The van der Waals surface area contributed by atoms with Crippen molar-refractivity contribution in [3.05, 3.63) is 83.4 Å². The third-order valence-corrected chi connectivity index (χ3v) is 4.50. The zero-order valence-corrected chi connectivity index (χ0v) is 15.0. The number of ether oxygens (including phenoxy) is 1. The molecule has 2 N–H and O–H groups in total. The lowest BCUT2D eigenvalue weighted by Gasteiger charge is -2.18. The Morgan fingerprint density at radius 3 is 2.42 bits per heavy atom. The van der Waals surface area contributed by atoms with Crippen LogP contribution in [0.15, 0.2) is 60.9 Å². The number of aromatic nitrogens is 2. The summed E-state index contributed by atoms with van der Waals surface area (Å²) in [6.07, 6.45) is 2.01. The van der Waals surface area contributed by atoms with E-state index < -0.39 is 0 Å². The lowest BCUT2D eigenvalue weighted by atomic mass is 9.88. The van der Waals surface area contributed by atoms with Crippen molar-refractivity contribution in [1.29, 1.82) is 0 Å². The van der Waals surface area contributed by atoms with Gasteiger partial charge in [0.25, 0.3) is 0 Å². The maximum absolute atomic E-state index is 12.6. The van der Waals surface area contributed by atoms with E-state index in [1.54, 1.807) is 13.4 Å². The highest BCUT2D eigenvalue weighted by Gasteiger charge is 2.18. The van der Waals surface area contributed by atoms with E-state index in [-0.39, 0.29) is 11.8 Å². The largest absolute Gasteiger partial charge is 0.497 e. The fraction of sp³-hybridized carbons (Fsp3) is 0.238. The molecule has 0 spiro atoms. The van der Waals surface area contributed by atoms with Gasteiger partial charge in [0.1, 0.15) is 5.75 Å². The molecule has 5 heteroatoms.